The molecule has 2 rings (SSSR count). The number of benzene rings is 1. The van der Waals surface area contributed by atoms with Crippen LogP contribution in [0.1, 0.15) is 20.7 Å². The first kappa shape index (κ1) is 10.0. The molecule has 1 aliphatic rings. The van der Waals surface area contributed by atoms with Gasteiger partial charge in [0.15, 0.2) is 23.1 Å². The van der Waals surface area contributed by atoms with Crippen molar-refractivity contribution in [3.05, 3.63) is 23.3 Å². The molecule has 1 aliphatic carbocycles. The topological polar surface area (TPSA) is 115 Å². The summed E-state index contributed by atoms with van der Waals surface area (Å²) in [5.74, 6) is -5.39. The fourth-order valence-corrected chi connectivity index (χ4v) is 1.50. The molecule has 0 bridgehead atoms. The van der Waals surface area contributed by atoms with Gasteiger partial charge in [0.05, 0.1) is 11.1 Å². The fourth-order valence-electron chi connectivity index (χ4n) is 1.50. The van der Waals surface area contributed by atoms with Gasteiger partial charge in [0.2, 0.25) is 11.5 Å². The number of phenols is 4. The number of ketones is 2. The summed E-state index contributed by atoms with van der Waals surface area (Å²) in [6, 6.07) is 0. The standard InChI is InChI=1S/C10H6O6/c11-3-1-2-4(12)6-5(3)7(13)9(15)10(16)8(6)14/h1-2,13-16H. The van der Waals surface area contributed by atoms with E-state index in [2.05, 4.69) is 0 Å². The molecule has 0 aromatic heterocycles. The summed E-state index contributed by atoms with van der Waals surface area (Å²) >= 11 is 0. The summed E-state index contributed by atoms with van der Waals surface area (Å²) in [7, 11) is 0. The third kappa shape index (κ3) is 1.07. The molecule has 82 valence electrons. The molecule has 0 aliphatic heterocycles. The lowest BCUT2D eigenvalue weighted by atomic mass is 9.92. The number of carbonyl (C=O) groups excluding carboxylic acids is 2. The molecule has 0 unspecified atom stereocenters. The maximum Gasteiger partial charge on any atom is 0.205 e. The number of fused-ring (bicyclic) bond motifs is 1. The van der Waals surface area contributed by atoms with E-state index in [9.17, 15) is 30.0 Å². The minimum Gasteiger partial charge on any atom is -0.504 e. The lowest BCUT2D eigenvalue weighted by Gasteiger charge is -2.14. The van der Waals surface area contributed by atoms with Gasteiger partial charge in [-0.3, -0.25) is 9.59 Å². The van der Waals surface area contributed by atoms with Gasteiger partial charge in [-0.15, -0.1) is 0 Å². The highest BCUT2D eigenvalue weighted by atomic mass is 16.3. The molecule has 0 radical (unpaired) electrons. The quantitative estimate of drug-likeness (QED) is 0.374. The van der Waals surface area contributed by atoms with Crippen molar-refractivity contribution in [3.63, 3.8) is 0 Å². The van der Waals surface area contributed by atoms with Crippen LogP contribution in [0.2, 0.25) is 0 Å². The highest BCUT2D eigenvalue weighted by Crippen LogP contribution is 2.48. The van der Waals surface area contributed by atoms with Gasteiger partial charge in [0.1, 0.15) is 0 Å². The predicted molar refractivity (Wildman–Crippen MR) is 50.9 cm³/mol. The first-order valence-electron chi connectivity index (χ1n) is 4.21. The summed E-state index contributed by atoms with van der Waals surface area (Å²) < 4.78 is 0. The summed E-state index contributed by atoms with van der Waals surface area (Å²) in [6.07, 6.45) is 1.81. The van der Waals surface area contributed by atoms with E-state index in [-0.39, 0.29) is 0 Å². The van der Waals surface area contributed by atoms with Crippen LogP contribution in [-0.4, -0.2) is 32.0 Å². The Morgan fingerprint density at radius 3 is 1.25 bits per heavy atom. The molecule has 0 saturated carbocycles. The lowest BCUT2D eigenvalue weighted by Crippen LogP contribution is -2.12. The van der Waals surface area contributed by atoms with Gasteiger partial charge in [0, 0.05) is 0 Å². The average Bonchev–Trinajstić information content (AvgIpc) is 2.26. The van der Waals surface area contributed by atoms with Gasteiger partial charge in [-0.2, -0.15) is 0 Å². The van der Waals surface area contributed by atoms with E-state index in [4.69, 9.17) is 0 Å². The van der Waals surface area contributed by atoms with Gasteiger partial charge in [0.25, 0.3) is 0 Å². The first-order valence-corrected chi connectivity index (χ1v) is 4.21. The van der Waals surface area contributed by atoms with Crippen LogP contribution in [0.15, 0.2) is 12.2 Å². The summed E-state index contributed by atoms with van der Waals surface area (Å²) in [4.78, 5) is 22.7. The highest BCUT2D eigenvalue weighted by molar-refractivity contribution is 6.25. The van der Waals surface area contributed by atoms with Crippen LogP contribution in [0, 0.1) is 0 Å². The van der Waals surface area contributed by atoms with Crippen molar-refractivity contribution in [1.29, 1.82) is 0 Å². The Morgan fingerprint density at radius 2 is 0.938 bits per heavy atom. The van der Waals surface area contributed by atoms with Gasteiger partial charge in [-0.25, -0.2) is 0 Å². The molecule has 0 heterocycles. The molecular weight excluding hydrogens is 216 g/mol. The van der Waals surface area contributed by atoms with Crippen LogP contribution in [-0.2, 0) is 0 Å². The number of phenolic OH excluding ortho intramolecular Hbond substituents is 4. The number of hydrogen-bond acceptors (Lipinski definition) is 6. The summed E-state index contributed by atoms with van der Waals surface area (Å²) in [5, 5.41) is 37.2. The Hall–Kier alpha value is -2.50. The highest BCUT2D eigenvalue weighted by Gasteiger charge is 2.31. The fraction of sp³-hybridized carbons (Fsp3) is 0. The molecular formula is C10H6O6. The molecule has 16 heavy (non-hydrogen) atoms. The van der Waals surface area contributed by atoms with Gasteiger partial charge in [-0.05, 0) is 12.2 Å². The molecule has 0 atom stereocenters. The van der Waals surface area contributed by atoms with Crippen molar-refractivity contribution in [2.45, 2.75) is 0 Å². The number of aromatic hydroxyl groups is 4. The number of allylic oxidation sites excluding steroid dienone is 2. The van der Waals surface area contributed by atoms with E-state index in [0.29, 0.717) is 0 Å². The normalized spacial score (nSPS) is 14.0. The van der Waals surface area contributed by atoms with Gasteiger partial charge in [-0.1, -0.05) is 0 Å². The van der Waals surface area contributed by atoms with E-state index >= 15 is 0 Å². The van der Waals surface area contributed by atoms with Gasteiger partial charge < -0.3 is 20.4 Å². The van der Waals surface area contributed by atoms with E-state index < -0.39 is 45.7 Å². The van der Waals surface area contributed by atoms with Crippen LogP contribution in [0.5, 0.6) is 23.0 Å². The summed E-state index contributed by atoms with van der Waals surface area (Å²) in [6.45, 7) is 0. The molecule has 0 fully saturated rings. The third-order valence-electron chi connectivity index (χ3n) is 2.28. The Balaban J connectivity index is 2.94. The molecule has 1 aromatic carbocycles. The first-order chi connectivity index (χ1) is 7.45. The third-order valence-corrected chi connectivity index (χ3v) is 2.28. The van der Waals surface area contributed by atoms with Crippen LogP contribution in [0.4, 0.5) is 0 Å². The zero-order chi connectivity index (χ0) is 12.0. The second-order valence-electron chi connectivity index (χ2n) is 3.21. The molecule has 0 amide bonds. The van der Waals surface area contributed by atoms with Crippen molar-refractivity contribution in [1.82, 2.24) is 0 Å². The Kier molecular flexibility index (Phi) is 1.88. The van der Waals surface area contributed by atoms with Crippen LogP contribution < -0.4 is 0 Å². The predicted octanol–water partition coefficient (Wildman–Crippen LogP) is 0.444. The molecule has 6 nitrogen and oxygen atoms in total. The minimum atomic E-state index is -1.03. The van der Waals surface area contributed by atoms with Crippen molar-refractivity contribution in [2.24, 2.45) is 0 Å². The molecule has 0 saturated heterocycles. The van der Waals surface area contributed by atoms with E-state index in [1.807, 2.05) is 0 Å². The monoisotopic (exact) mass is 222 g/mol. The van der Waals surface area contributed by atoms with Crippen LogP contribution >= 0.6 is 0 Å². The molecule has 6 heteroatoms. The van der Waals surface area contributed by atoms with Gasteiger partial charge >= 0.3 is 0 Å². The maximum absolute atomic E-state index is 11.4. The van der Waals surface area contributed by atoms with E-state index in [1.165, 1.54) is 0 Å². The zero-order valence-electron chi connectivity index (χ0n) is 7.76. The largest absolute Gasteiger partial charge is 0.504 e. The lowest BCUT2D eigenvalue weighted by molar-refractivity contribution is 0.0988. The van der Waals surface area contributed by atoms with Crippen molar-refractivity contribution >= 4 is 11.6 Å². The number of rotatable bonds is 0. The van der Waals surface area contributed by atoms with Crippen molar-refractivity contribution < 1.29 is 30.0 Å². The van der Waals surface area contributed by atoms with E-state index in [1.54, 1.807) is 0 Å². The minimum absolute atomic E-state index is 0.514. The SMILES string of the molecule is O=C1C=CC(=O)c2c(O)c(O)c(O)c(O)c21. The van der Waals surface area contributed by atoms with Crippen molar-refractivity contribution in [2.75, 3.05) is 0 Å². The molecule has 1 aromatic rings. The molecule has 4 N–H and O–H groups in total. The van der Waals surface area contributed by atoms with Crippen molar-refractivity contribution in [3.8, 4) is 23.0 Å². The van der Waals surface area contributed by atoms with Crippen LogP contribution in [0.25, 0.3) is 0 Å². The Labute approximate surface area is 88.7 Å². The molecule has 0 spiro atoms. The number of carbonyl (C=O) groups is 2. The Bertz CT molecular complexity index is 506. The smallest absolute Gasteiger partial charge is 0.205 e. The second-order valence-corrected chi connectivity index (χ2v) is 3.21. The van der Waals surface area contributed by atoms with Crippen LogP contribution in [0.3, 0.4) is 0 Å². The maximum atomic E-state index is 11.4. The zero-order valence-corrected chi connectivity index (χ0v) is 7.76. The second kappa shape index (κ2) is 2.99. The number of hydrogen-bond donors (Lipinski definition) is 4. The average molecular weight is 222 g/mol. The summed E-state index contributed by atoms with van der Waals surface area (Å²) in [5.41, 5.74) is -1.03. The van der Waals surface area contributed by atoms with E-state index in [0.717, 1.165) is 12.2 Å². The Morgan fingerprint density at radius 1 is 0.625 bits per heavy atom.